The number of anilines is 1. The maximum atomic E-state index is 14.1. The molecule has 0 spiro atoms. The first kappa shape index (κ1) is 20.4. The van der Waals surface area contributed by atoms with Gasteiger partial charge >= 0.3 is 0 Å². The molecule has 0 saturated carbocycles. The molecule has 3 heterocycles. The van der Waals surface area contributed by atoms with Crippen molar-refractivity contribution in [1.82, 2.24) is 20.0 Å². The number of piperidine rings is 1. The van der Waals surface area contributed by atoms with Crippen molar-refractivity contribution in [3.05, 3.63) is 47.5 Å². The van der Waals surface area contributed by atoms with Crippen LogP contribution in [-0.2, 0) is 13.0 Å². The van der Waals surface area contributed by atoms with Crippen LogP contribution in [0.25, 0.3) is 0 Å². The standard InChI is InChI=1S/C23H34FN5/c1-18(2)14-19-15-20(26-25-19)16-27-9-5-6-21(17-27)28-10-12-29(13-11-28)23-8-4-3-7-22(23)24/h3-4,7-8,15,18,21H,5-6,9-14,16-17H2,1-2H3,(H,25,26). The number of aromatic amines is 1. The predicted octanol–water partition coefficient (Wildman–Crippen LogP) is 3.53. The zero-order valence-electron chi connectivity index (χ0n) is 17.8. The third-order valence-corrected chi connectivity index (χ3v) is 6.20. The van der Waals surface area contributed by atoms with Crippen molar-refractivity contribution in [2.45, 2.75) is 45.7 Å². The van der Waals surface area contributed by atoms with Crippen molar-refractivity contribution in [1.29, 1.82) is 0 Å². The molecule has 1 aromatic carbocycles. The summed E-state index contributed by atoms with van der Waals surface area (Å²) >= 11 is 0. The molecule has 158 valence electrons. The maximum Gasteiger partial charge on any atom is 0.146 e. The summed E-state index contributed by atoms with van der Waals surface area (Å²) in [6.45, 7) is 11.5. The summed E-state index contributed by atoms with van der Waals surface area (Å²) in [4.78, 5) is 7.36. The zero-order valence-corrected chi connectivity index (χ0v) is 17.8. The lowest BCUT2D eigenvalue weighted by atomic mass is 10.0. The second-order valence-corrected chi connectivity index (χ2v) is 8.99. The molecule has 2 fully saturated rings. The lowest BCUT2D eigenvalue weighted by molar-refractivity contribution is 0.0880. The molecule has 1 N–H and O–H groups in total. The third-order valence-electron chi connectivity index (χ3n) is 6.20. The number of hydrogen-bond donors (Lipinski definition) is 1. The van der Waals surface area contributed by atoms with Gasteiger partial charge in [-0.25, -0.2) is 4.39 Å². The minimum absolute atomic E-state index is 0.110. The number of likely N-dealkylation sites (tertiary alicyclic amines) is 1. The first-order valence-corrected chi connectivity index (χ1v) is 11.1. The van der Waals surface area contributed by atoms with E-state index in [2.05, 4.69) is 44.8 Å². The van der Waals surface area contributed by atoms with E-state index in [-0.39, 0.29) is 5.82 Å². The summed E-state index contributed by atoms with van der Waals surface area (Å²) in [6, 6.07) is 9.97. The smallest absolute Gasteiger partial charge is 0.146 e. The van der Waals surface area contributed by atoms with Crippen LogP contribution in [0.4, 0.5) is 10.1 Å². The Bertz CT molecular complexity index is 781. The molecule has 5 nitrogen and oxygen atoms in total. The average molecular weight is 400 g/mol. The van der Waals surface area contributed by atoms with Gasteiger partial charge in [0.25, 0.3) is 0 Å². The summed E-state index contributed by atoms with van der Waals surface area (Å²) in [7, 11) is 0. The van der Waals surface area contributed by atoms with E-state index in [1.807, 2.05) is 12.1 Å². The molecule has 6 heteroatoms. The quantitative estimate of drug-likeness (QED) is 0.806. The first-order chi connectivity index (χ1) is 14.1. The second kappa shape index (κ2) is 9.26. The highest BCUT2D eigenvalue weighted by molar-refractivity contribution is 5.48. The lowest BCUT2D eigenvalue weighted by Gasteiger charge is -2.44. The SMILES string of the molecule is CC(C)Cc1cc(CN2CCCC(N3CCN(c4ccccc4F)CC3)C2)[nH]n1. The topological polar surface area (TPSA) is 38.4 Å². The van der Waals surface area contributed by atoms with Gasteiger partial charge in [0.1, 0.15) is 5.82 Å². The Morgan fingerprint density at radius 3 is 2.69 bits per heavy atom. The molecule has 1 aromatic heterocycles. The van der Waals surface area contributed by atoms with Gasteiger partial charge in [-0.15, -0.1) is 0 Å². The molecule has 0 radical (unpaired) electrons. The molecule has 4 rings (SSSR count). The number of aromatic nitrogens is 2. The molecule has 1 unspecified atom stereocenters. The number of hydrogen-bond acceptors (Lipinski definition) is 4. The Kier molecular flexibility index (Phi) is 6.50. The van der Waals surface area contributed by atoms with Crippen molar-refractivity contribution in [2.24, 2.45) is 5.92 Å². The zero-order chi connectivity index (χ0) is 20.2. The number of nitrogens with zero attached hydrogens (tertiary/aromatic N) is 4. The van der Waals surface area contributed by atoms with Crippen molar-refractivity contribution in [2.75, 3.05) is 44.2 Å². The fourth-order valence-electron chi connectivity index (χ4n) is 4.76. The number of para-hydroxylation sites is 1. The van der Waals surface area contributed by atoms with Gasteiger partial charge in [-0.2, -0.15) is 5.10 Å². The minimum Gasteiger partial charge on any atom is -0.367 e. The highest BCUT2D eigenvalue weighted by Gasteiger charge is 2.28. The van der Waals surface area contributed by atoms with Gasteiger partial charge < -0.3 is 4.90 Å². The van der Waals surface area contributed by atoms with Gasteiger partial charge in [0, 0.05) is 51.0 Å². The number of rotatable bonds is 6. The molecule has 29 heavy (non-hydrogen) atoms. The van der Waals surface area contributed by atoms with Crippen LogP contribution in [0.2, 0.25) is 0 Å². The van der Waals surface area contributed by atoms with Crippen LogP contribution in [0.1, 0.15) is 38.1 Å². The minimum atomic E-state index is -0.110. The molecule has 2 saturated heterocycles. The van der Waals surface area contributed by atoms with Gasteiger partial charge in [-0.3, -0.25) is 14.9 Å². The third kappa shape index (κ3) is 5.17. The summed E-state index contributed by atoms with van der Waals surface area (Å²) in [5.41, 5.74) is 3.15. The Labute approximate surface area is 173 Å². The van der Waals surface area contributed by atoms with Crippen molar-refractivity contribution in [3.63, 3.8) is 0 Å². The summed E-state index contributed by atoms with van der Waals surface area (Å²) in [6.07, 6.45) is 3.54. The first-order valence-electron chi connectivity index (χ1n) is 11.1. The van der Waals surface area contributed by atoms with E-state index in [4.69, 9.17) is 0 Å². The maximum absolute atomic E-state index is 14.1. The molecular weight excluding hydrogens is 365 g/mol. The molecule has 2 aliphatic heterocycles. The van der Waals surface area contributed by atoms with E-state index in [1.54, 1.807) is 12.1 Å². The van der Waals surface area contributed by atoms with Crippen molar-refractivity contribution < 1.29 is 4.39 Å². The normalized spacial score (nSPS) is 21.8. The Morgan fingerprint density at radius 2 is 1.93 bits per heavy atom. The van der Waals surface area contributed by atoms with E-state index in [0.717, 1.165) is 57.9 Å². The number of halogens is 1. The van der Waals surface area contributed by atoms with Crippen LogP contribution in [0.15, 0.2) is 30.3 Å². The fraction of sp³-hybridized carbons (Fsp3) is 0.609. The number of benzene rings is 1. The summed E-state index contributed by atoms with van der Waals surface area (Å²) < 4.78 is 14.1. The largest absolute Gasteiger partial charge is 0.367 e. The number of piperazine rings is 1. The van der Waals surface area contributed by atoms with Crippen molar-refractivity contribution >= 4 is 5.69 Å². The van der Waals surface area contributed by atoms with E-state index in [9.17, 15) is 4.39 Å². The fourth-order valence-corrected chi connectivity index (χ4v) is 4.76. The van der Waals surface area contributed by atoms with E-state index in [0.29, 0.717) is 12.0 Å². The van der Waals surface area contributed by atoms with Gasteiger partial charge in [0.15, 0.2) is 0 Å². The molecular formula is C23H34FN5. The summed E-state index contributed by atoms with van der Waals surface area (Å²) in [5, 5.41) is 7.71. The number of H-pyrrole nitrogens is 1. The number of nitrogens with one attached hydrogen (secondary N) is 1. The van der Waals surface area contributed by atoms with Crippen LogP contribution in [0, 0.1) is 11.7 Å². The molecule has 1 atom stereocenters. The van der Waals surface area contributed by atoms with Crippen LogP contribution in [0.3, 0.4) is 0 Å². The molecule has 2 aromatic rings. The van der Waals surface area contributed by atoms with Crippen LogP contribution < -0.4 is 4.90 Å². The predicted molar refractivity (Wildman–Crippen MR) is 116 cm³/mol. The van der Waals surface area contributed by atoms with E-state index < -0.39 is 0 Å². The van der Waals surface area contributed by atoms with E-state index in [1.165, 1.54) is 24.2 Å². The van der Waals surface area contributed by atoms with Gasteiger partial charge in [0.2, 0.25) is 0 Å². The van der Waals surface area contributed by atoms with Crippen LogP contribution in [0.5, 0.6) is 0 Å². The molecule has 2 aliphatic rings. The Morgan fingerprint density at radius 1 is 1.14 bits per heavy atom. The Hall–Kier alpha value is -1.92. The summed E-state index contributed by atoms with van der Waals surface area (Å²) in [5.74, 6) is 0.523. The second-order valence-electron chi connectivity index (χ2n) is 8.99. The van der Waals surface area contributed by atoms with Gasteiger partial charge in [-0.1, -0.05) is 26.0 Å². The lowest BCUT2D eigenvalue weighted by Crippen LogP contribution is -2.55. The highest BCUT2D eigenvalue weighted by atomic mass is 19.1. The molecule has 0 bridgehead atoms. The monoisotopic (exact) mass is 399 g/mol. The van der Waals surface area contributed by atoms with Crippen LogP contribution in [-0.4, -0.2) is 65.3 Å². The van der Waals surface area contributed by atoms with Crippen molar-refractivity contribution in [3.8, 4) is 0 Å². The van der Waals surface area contributed by atoms with Gasteiger partial charge in [-0.05, 0) is 49.9 Å². The molecule has 0 amide bonds. The van der Waals surface area contributed by atoms with Crippen LogP contribution >= 0.6 is 0 Å². The Balaban J connectivity index is 1.29. The average Bonchev–Trinajstić information content (AvgIpc) is 3.15. The molecule has 0 aliphatic carbocycles. The highest BCUT2D eigenvalue weighted by Crippen LogP contribution is 2.23. The van der Waals surface area contributed by atoms with Gasteiger partial charge in [0.05, 0.1) is 11.4 Å². The van der Waals surface area contributed by atoms with E-state index >= 15 is 0 Å².